The summed E-state index contributed by atoms with van der Waals surface area (Å²) in [5, 5.41) is 0. The highest BCUT2D eigenvalue weighted by Gasteiger charge is 2.33. The van der Waals surface area contributed by atoms with Gasteiger partial charge in [0.25, 0.3) is 10.2 Å². The van der Waals surface area contributed by atoms with E-state index in [1.54, 1.807) is 0 Å². The first kappa shape index (κ1) is 15.1. The van der Waals surface area contributed by atoms with E-state index in [9.17, 15) is 8.42 Å². The van der Waals surface area contributed by atoms with Crippen LogP contribution in [-0.4, -0.2) is 85.9 Å². The molecule has 0 aromatic carbocycles. The lowest BCUT2D eigenvalue weighted by Gasteiger charge is -2.37. The Morgan fingerprint density at radius 2 is 1.58 bits per heavy atom. The molecule has 110 valence electrons. The first-order valence-electron chi connectivity index (χ1n) is 6.34. The van der Waals surface area contributed by atoms with E-state index in [2.05, 4.69) is 4.90 Å². The highest BCUT2D eigenvalue weighted by atomic mass is 32.2. The van der Waals surface area contributed by atoms with Crippen molar-refractivity contribution in [1.29, 1.82) is 0 Å². The summed E-state index contributed by atoms with van der Waals surface area (Å²) in [6.07, 6.45) is 0. The SMILES string of the molecule is NC(=S)CN1CCN(S(=O)(=O)N2CCOCC2)CC1. The third-order valence-corrected chi connectivity index (χ3v) is 5.50. The molecule has 2 saturated heterocycles. The Hall–Kier alpha value is -0.320. The first-order valence-corrected chi connectivity index (χ1v) is 8.14. The number of piperazine rings is 1. The molecule has 9 heteroatoms. The smallest absolute Gasteiger partial charge is 0.282 e. The Bertz CT molecular complexity index is 414. The maximum absolute atomic E-state index is 12.4. The first-order chi connectivity index (χ1) is 9.00. The summed E-state index contributed by atoms with van der Waals surface area (Å²) in [6, 6.07) is 0. The van der Waals surface area contributed by atoms with Crippen molar-refractivity contribution in [3.05, 3.63) is 0 Å². The van der Waals surface area contributed by atoms with Crippen LogP contribution in [0.2, 0.25) is 0 Å². The minimum absolute atomic E-state index is 0.440. The zero-order chi connectivity index (χ0) is 13.9. The summed E-state index contributed by atoms with van der Waals surface area (Å²) < 4.78 is 33.0. The summed E-state index contributed by atoms with van der Waals surface area (Å²) in [4.78, 5) is 2.53. The third-order valence-electron chi connectivity index (χ3n) is 3.33. The molecule has 0 amide bonds. The summed E-state index contributed by atoms with van der Waals surface area (Å²) >= 11 is 4.86. The zero-order valence-electron chi connectivity index (χ0n) is 10.8. The molecule has 0 saturated carbocycles. The van der Waals surface area contributed by atoms with Crippen LogP contribution >= 0.6 is 12.2 Å². The molecule has 0 aliphatic carbocycles. The monoisotopic (exact) mass is 308 g/mol. The molecular weight excluding hydrogens is 288 g/mol. The highest BCUT2D eigenvalue weighted by Crippen LogP contribution is 2.13. The maximum Gasteiger partial charge on any atom is 0.282 e. The van der Waals surface area contributed by atoms with Gasteiger partial charge in [-0.2, -0.15) is 17.0 Å². The Balaban J connectivity index is 1.90. The van der Waals surface area contributed by atoms with E-state index < -0.39 is 10.2 Å². The highest BCUT2D eigenvalue weighted by molar-refractivity contribution is 7.86. The van der Waals surface area contributed by atoms with Crippen LogP contribution in [0.1, 0.15) is 0 Å². The molecule has 0 aromatic rings. The second-order valence-corrected chi connectivity index (χ2v) is 7.11. The second kappa shape index (κ2) is 6.42. The summed E-state index contributed by atoms with van der Waals surface area (Å²) in [5.41, 5.74) is 5.50. The van der Waals surface area contributed by atoms with Crippen molar-refractivity contribution in [2.45, 2.75) is 0 Å². The van der Waals surface area contributed by atoms with Gasteiger partial charge in [-0.15, -0.1) is 0 Å². The quantitative estimate of drug-likeness (QED) is 0.635. The molecule has 2 aliphatic heterocycles. The van der Waals surface area contributed by atoms with Gasteiger partial charge in [-0.3, -0.25) is 4.90 Å². The minimum Gasteiger partial charge on any atom is -0.392 e. The van der Waals surface area contributed by atoms with Crippen LogP contribution in [0.25, 0.3) is 0 Å². The largest absolute Gasteiger partial charge is 0.392 e. The molecule has 7 nitrogen and oxygen atoms in total. The van der Waals surface area contributed by atoms with Crippen molar-refractivity contribution in [3.8, 4) is 0 Å². The number of nitrogens with zero attached hydrogens (tertiary/aromatic N) is 3. The van der Waals surface area contributed by atoms with Crippen molar-refractivity contribution < 1.29 is 13.2 Å². The molecular formula is C10H20N4O3S2. The number of thiocarbonyl (C=S) groups is 1. The Kier molecular flexibility index (Phi) is 5.09. The third kappa shape index (κ3) is 3.83. The molecule has 0 unspecified atom stereocenters. The van der Waals surface area contributed by atoms with Crippen LogP contribution in [0.4, 0.5) is 0 Å². The number of hydrogen-bond donors (Lipinski definition) is 1. The Morgan fingerprint density at radius 3 is 2.11 bits per heavy atom. The van der Waals surface area contributed by atoms with E-state index in [1.807, 2.05) is 0 Å². The van der Waals surface area contributed by atoms with Crippen LogP contribution in [0.15, 0.2) is 0 Å². The molecule has 0 bridgehead atoms. The van der Waals surface area contributed by atoms with E-state index in [0.29, 0.717) is 64.0 Å². The predicted octanol–water partition coefficient (Wildman–Crippen LogP) is -1.53. The van der Waals surface area contributed by atoms with Crippen LogP contribution in [-0.2, 0) is 14.9 Å². The number of rotatable bonds is 4. The number of hydrogen-bond acceptors (Lipinski definition) is 5. The lowest BCUT2D eigenvalue weighted by molar-refractivity contribution is 0.0688. The van der Waals surface area contributed by atoms with Gasteiger partial charge in [0, 0.05) is 45.8 Å². The van der Waals surface area contributed by atoms with Gasteiger partial charge in [0.1, 0.15) is 0 Å². The average molecular weight is 308 g/mol. The van der Waals surface area contributed by atoms with E-state index in [0.717, 1.165) is 0 Å². The van der Waals surface area contributed by atoms with Gasteiger partial charge >= 0.3 is 0 Å². The van der Waals surface area contributed by atoms with Crippen molar-refractivity contribution in [2.75, 3.05) is 59.0 Å². The number of morpholine rings is 1. The van der Waals surface area contributed by atoms with E-state index >= 15 is 0 Å². The van der Waals surface area contributed by atoms with Crippen LogP contribution in [0.5, 0.6) is 0 Å². The van der Waals surface area contributed by atoms with Crippen molar-refractivity contribution in [1.82, 2.24) is 13.5 Å². The van der Waals surface area contributed by atoms with Gasteiger partial charge in [0.2, 0.25) is 0 Å². The molecule has 2 rings (SSSR count). The van der Waals surface area contributed by atoms with Gasteiger partial charge in [-0.25, -0.2) is 0 Å². The van der Waals surface area contributed by atoms with E-state index in [4.69, 9.17) is 22.7 Å². The molecule has 2 N–H and O–H groups in total. The van der Waals surface area contributed by atoms with Gasteiger partial charge in [0.05, 0.1) is 18.2 Å². The van der Waals surface area contributed by atoms with Gasteiger partial charge < -0.3 is 10.5 Å². The fourth-order valence-corrected chi connectivity index (χ4v) is 4.02. The minimum atomic E-state index is -3.34. The van der Waals surface area contributed by atoms with E-state index in [1.165, 1.54) is 8.61 Å². The molecule has 0 atom stereocenters. The van der Waals surface area contributed by atoms with Crippen LogP contribution in [0.3, 0.4) is 0 Å². The van der Waals surface area contributed by atoms with Gasteiger partial charge in [-0.05, 0) is 0 Å². The van der Waals surface area contributed by atoms with Crippen LogP contribution in [0, 0.1) is 0 Å². The van der Waals surface area contributed by atoms with E-state index in [-0.39, 0.29) is 0 Å². The standard InChI is InChI=1S/C10H20N4O3S2/c11-10(18)9-12-1-3-13(4-2-12)19(15,16)14-5-7-17-8-6-14/h1-9H2,(H2,11,18). The maximum atomic E-state index is 12.4. The molecule has 2 heterocycles. The van der Waals surface area contributed by atoms with Crippen molar-refractivity contribution in [2.24, 2.45) is 5.73 Å². The summed E-state index contributed by atoms with van der Waals surface area (Å²) in [5.74, 6) is 0. The average Bonchev–Trinajstić information content (AvgIpc) is 2.40. The fraction of sp³-hybridized carbons (Fsp3) is 0.900. The number of nitrogens with two attached hydrogens (primary N) is 1. The Labute approximate surface area is 119 Å². The summed E-state index contributed by atoms with van der Waals surface area (Å²) in [7, 11) is -3.34. The predicted molar refractivity (Wildman–Crippen MR) is 76.1 cm³/mol. The molecule has 19 heavy (non-hydrogen) atoms. The number of ether oxygens (including phenoxy) is 1. The normalized spacial score (nSPS) is 24.4. The second-order valence-electron chi connectivity index (χ2n) is 4.66. The van der Waals surface area contributed by atoms with Crippen molar-refractivity contribution in [3.63, 3.8) is 0 Å². The molecule has 2 aliphatic rings. The topological polar surface area (TPSA) is 79.1 Å². The molecule has 0 spiro atoms. The molecule has 2 fully saturated rings. The van der Waals surface area contributed by atoms with Crippen LogP contribution < -0.4 is 5.73 Å². The Morgan fingerprint density at radius 1 is 1.05 bits per heavy atom. The lowest BCUT2D eigenvalue weighted by Crippen LogP contribution is -2.55. The van der Waals surface area contributed by atoms with Gasteiger partial charge in [0.15, 0.2) is 0 Å². The lowest BCUT2D eigenvalue weighted by atomic mass is 10.3. The molecule has 0 radical (unpaired) electrons. The molecule has 0 aromatic heterocycles. The van der Waals surface area contributed by atoms with Gasteiger partial charge in [-0.1, -0.05) is 12.2 Å². The zero-order valence-corrected chi connectivity index (χ0v) is 12.5. The summed E-state index contributed by atoms with van der Waals surface area (Å²) in [6.45, 7) is 4.69. The van der Waals surface area contributed by atoms with Crippen molar-refractivity contribution >= 4 is 27.4 Å². The fourth-order valence-electron chi connectivity index (χ4n) is 2.28.